The van der Waals surface area contributed by atoms with Crippen LogP contribution in [-0.2, 0) is 6.54 Å². The van der Waals surface area contributed by atoms with Crippen LogP contribution < -0.4 is 14.8 Å². The fraction of sp³-hybridized carbons (Fsp3) is 0.571. The topological polar surface area (TPSA) is 33.7 Å². The van der Waals surface area contributed by atoms with E-state index in [0.29, 0.717) is 6.04 Å². The molecule has 0 bridgehead atoms. The highest BCUT2D eigenvalue weighted by Gasteiger charge is 2.19. The normalized spacial score (nSPS) is 19.2. The summed E-state index contributed by atoms with van der Waals surface area (Å²) in [6, 6.07) is 6.67. The maximum absolute atomic E-state index is 5.29. The zero-order chi connectivity index (χ0) is 13.0. The van der Waals surface area contributed by atoms with Gasteiger partial charge in [0.25, 0.3) is 0 Å². The smallest absolute Gasteiger partial charge is 0.122 e. The Morgan fingerprint density at radius 2 is 1.89 bits per heavy atom. The quantitative estimate of drug-likeness (QED) is 0.858. The zero-order valence-electron chi connectivity index (χ0n) is 11.4. The number of likely N-dealkylation sites (N-methyl/N-ethyl adjacent to an activating group) is 1. The van der Waals surface area contributed by atoms with Gasteiger partial charge in [-0.2, -0.15) is 0 Å². The molecule has 0 saturated carbocycles. The Labute approximate surface area is 109 Å². The van der Waals surface area contributed by atoms with Crippen LogP contribution in [0.25, 0.3) is 0 Å². The predicted molar refractivity (Wildman–Crippen MR) is 72.3 cm³/mol. The highest BCUT2D eigenvalue weighted by molar-refractivity contribution is 5.38. The van der Waals surface area contributed by atoms with Crippen LogP contribution in [-0.4, -0.2) is 45.3 Å². The Kier molecular flexibility index (Phi) is 4.44. The van der Waals surface area contributed by atoms with E-state index in [2.05, 4.69) is 29.4 Å². The summed E-state index contributed by atoms with van der Waals surface area (Å²) in [4.78, 5) is 2.38. The van der Waals surface area contributed by atoms with Gasteiger partial charge in [-0.3, -0.25) is 4.90 Å². The van der Waals surface area contributed by atoms with Crippen LogP contribution in [0.4, 0.5) is 0 Å². The standard InChI is InChI=1S/C14H22N2O2/c1-16(12-4-5-15-9-12)10-11-6-13(17-2)8-14(7-11)18-3/h6-8,12,15H,4-5,9-10H2,1-3H3. The summed E-state index contributed by atoms with van der Waals surface area (Å²) in [7, 11) is 5.54. The van der Waals surface area contributed by atoms with Gasteiger partial charge in [0.05, 0.1) is 14.2 Å². The molecule has 1 aromatic carbocycles. The Hall–Kier alpha value is -1.26. The van der Waals surface area contributed by atoms with Crippen molar-refractivity contribution in [3.05, 3.63) is 23.8 Å². The Morgan fingerprint density at radius 1 is 1.22 bits per heavy atom. The van der Waals surface area contributed by atoms with Crippen LogP contribution in [0.5, 0.6) is 11.5 Å². The number of nitrogens with one attached hydrogen (secondary N) is 1. The Morgan fingerprint density at radius 3 is 2.39 bits per heavy atom. The first kappa shape index (κ1) is 13.2. The highest BCUT2D eigenvalue weighted by atomic mass is 16.5. The van der Waals surface area contributed by atoms with Crippen LogP contribution in [0.2, 0.25) is 0 Å². The minimum Gasteiger partial charge on any atom is -0.497 e. The highest BCUT2D eigenvalue weighted by Crippen LogP contribution is 2.24. The van der Waals surface area contributed by atoms with E-state index in [1.807, 2.05) is 6.07 Å². The second-order valence-electron chi connectivity index (χ2n) is 4.78. The third-order valence-electron chi connectivity index (χ3n) is 3.50. The number of hydrogen-bond donors (Lipinski definition) is 1. The van der Waals surface area contributed by atoms with E-state index in [1.54, 1.807) is 14.2 Å². The van der Waals surface area contributed by atoms with Crippen LogP contribution in [0.3, 0.4) is 0 Å². The van der Waals surface area contributed by atoms with Gasteiger partial charge in [0.15, 0.2) is 0 Å². The summed E-state index contributed by atoms with van der Waals surface area (Å²) in [5.41, 5.74) is 1.22. The molecule has 1 aromatic rings. The van der Waals surface area contributed by atoms with Crippen molar-refractivity contribution >= 4 is 0 Å². The molecule has 1 unspecified atom stereocenters. The molecule has 0 amide bonds. The lowest BCUT2D eigenvalue weighted by molar-refractivity contribution is 0.248. The van der Waals surface area contributed by atoms with E-state index in [9.17, 15) is 0 Å². The second kappa shape index (κ2) is 6.07. The molecule has 100 valence electrons. The lowest BCUT2D eigenvalue weighted by Crippen LogP contribution is -2.32. The predicted octanol–water partition coefficient (Wildman–Crippen LogP) is 1.50. The summed E-state index contributed by atoms with van der Waals surface area (Å²) in [6.45, 7) is 3.12. The van der Waals surface area contributed by atoms with Crippen molar-refractivity contribution < 1.29 is 9.47 Å². The summed E-state index contributed by atoms with van der Waals surface area (Å²) < 4.78 is 10.6. The second-order valence-corrected chi connectivity index (χ2v) is 4.78. The van der Waals surface area contributed by atoms with Crippen molar-refractivity contribution in [1.82, 2.24) is 10.2 Å². The molecule has 0 aliphatic carbocycles. The number of methoxy groups -OCH3 is 2. The Bertz CT molecular complexity index is 367. The average Bonchev–Trinajstić information content (AvgIpc) is 2.92. The summed E-state index contributed by atoms with van der Waals surface area (Å²) in [5, 5.41) is 3.39. The Balaban J connectivity index is 2.07. The molecule has 1 atom stereocenters. The van der Waals surface area contributed by atoms with Gasteiger partial charge in [-0.15, -0.1) is 0 Å². The van der Waals surface area contributed by atoms with E-state index in [-0.39, 0.29) is 0 Å². The SMILES string of the molecule is COc1cc(CN(C)C2CCNC2)cc(OC)c1. The number of rotatable bonds is 5. The minimum absolute atomic E-state index is 0.627. The molecular weight excluding hydrogens is 228 g/mol. The average molecular weight is 250 g/mol. The van der Waals surface area contributed by atoms with Gasteiger partial charge in [-0.05, 0) is 37.7 Å². The molecule has 4 heteroatoms. The van der Waals surface area contributed by atoms with Crippen molar-refractivity contribution in [2.45, 2.75) is 19.0 Å². The first-order valence-electron chi connectivity index (χ1n) is 6.36. The van der Waals surface area contributed by atoms with Crippen LogP contribution in [0, 0.1) is 0 Å². The van der Waals surface area contributed by atoms with Gasteiger partial charge < -0.3 is 14.8 Å². The minimum atomic E-state index is 0.627. The first-order valence-corrected chi connectivity index (χ1v) is 6.36. The van der Waals surface area contributed by atoms with Crippen molar-refractivity contribution in [1.29, 1.82) is 0 Å². The molecule has 18 heavy (non-hydrogen) atoms. The van der Waals surface area contributed by atoms with Gasteiger partial charge >= 0.3 is 0 Å². The fourth-order valence-corrected chi connectivity index (χ4v) is 2.39. The molecule has 1 heterocycles. The third-order valence-corrected chi connectivity index (χ3v) is 3.50. The van der Waals surface area contributed by atoms with Gasteiger partial charge in [0.2, 0.25) is 0 Å². The summed E-state index contributed by atoms with van der Waals surface area (Å²) >= 11 is 0. The monoisotopic (exact) mass is 250 g/mol. The number of nitrogens with zero attached hydrogens (tertiary/aromatic N) is 1. The van der Waals surface area contributed by atoms with E-state index in [0.717, 1.165) is 31.1 Å². The van der Waals surface area contributed by atoms with Crippen LogP contribution in [0.15, 0.2) is 18.2 Å². The van der Waals surface area contributed by atoms with Crippen molar-refractivity contribution in [2.24, 2.45) is 0 Å². The van der Waals surface area contributed by atoms with E-state index >= 15 is 0 Å². The summed E-state index contributed by atoms with van der Waals surface area (Å²) in [5.74, 6) is 1.70. The molecule has 1 fully saturated rings. The zero-order valence-corrected chi connectivity index (χ0v) is 11.4. The molecule has 2 rings (SSSR count). The van der Waals surface area contributed by atoms with Crippen LogP contribution in [0.1, 0.15) is 12.0 Å². The van der Waals surface area contributed by atoms with Gasteiger partial charge in [-0.1, -0.05) is 0 Å². The fourth-order valence-electron chi connectivity index (χ4n) is 2.39. The van der Waals surface area contributed by atoms with Crippen molar-refractivity contribution in [3.63, 3.8) is 0 Å². The molecule has 0 radical (unpaired) electrons. The number of hydrogen-bond acceptors (Lipinski definition) is 4. The lowest BCUT2D eigenvalue weighted by Gasteiger charge is -2.23. The molecule has 1 saturated heterocycles. The van der Waals surface area contributed by atoms with Gasteiger partial charge in [-0.25, -0.2) is 0 Å². The van der Waals surface area contributed by atoms with Crippen LogP contribution >= 0.6 is 0 Å². The maximum Gasteiger partial charge on any atom is 0.122 e. The molecular formula is C14H22N2O2. The van der Waals surface area contributed by atoms with E-state index in [4.69, 9.17) is 9.47 Å². The molecule has 1 aliphatic heterocycles. The molecule has 1 aliphatic rings. The van der Waals surface area contributed by atoms with Crippen molar-refractivity contribution in [3.8, 4) is 11.5 Å². The molecule has 4 nitrogen and oxygen atoms in total. The number of ether oxygens (including phenoxy) is 2. The van der Waals surface area contributed by atoms with Gasteiger partial charge in [0.1, 0.15) is 11.5 Å². The third kappa shape index (κ3) is 3.15. The van der Waals surface area contributed by atoms with E-state index < -0.39 is 0 Å². The van der Waals surface area contributed by atoms with Crippen molar-refractivity contribution in [2.75, 3.05) is 34.4 Å². The molecule has 0 aromatic heterocycles. The van der Waals surface area contributed by atoms with E-state index in [1.165, 1.54) is 12.0 Å². The largest absolute Gasteiger partial charge is 0.497 e. The first-order chi connectivity index (χ1) is 8.72. The van der Waals surface area contributed by atoms with Gasteiger partial charge in [0, 0.05) is 25.2 Å². The lowest BCUT2D eigenvalue weighted by atomic mass is 10.1. The molecule has 1 N–H and O–H groups in total. The summed E-state index contributed by atoms with van der Waals surface area (Å²) in [6.07, 6.45) is 1.22. The maximum atomic E-state index is 5.29. The molecule has 0 spiro atoms. The number of benzene rings is 1.